The van der Waals surface area contributed by atoms with E-state index in [0.717, 1.165) is 0 Å². The molecule has 2 spiro atoms. The number of ether oxygens (including phenoxy) is 4. The minimum atomic E-state index is -1.38. The molecule has 1 aliphatic heterocycles. The second kappa shape index (κ2) is 5.50. The van der Waals surface area contributed by atoms with Crippen LogP contribution in [0.4, 0.5) is 0 Å². The lowest BCUT2D eigenvalue weighted by atomic mass is 9.26. The van der Waals surface area contributed by atoms with Gasteiger partial charge in [0, 0.05) is 30.3 Å². The van der Waals surface area contributed by atoms with Gasteiger partial charge < -0.3 is 24.1 Å². The first-order chi connectivity index (χ1) is 12.4. The zero-order valence-corrected chi connectivity index (χ0v) is 16.9. The molecule has 0 radical (unpaired) electrons. The first-order valence-corrected chi connectivity index (χ1v) is 9.51. The highest BCUT2D eigenvalue weighted by molar-refractivity contribution is 5.90. The van der Waals surface area contributed by atoms with E-state index in [1.165, 1.54) is 0 Å². The molecule has 8 nitrogen and oxygen atoms in total. The summed E-state index contributed by atoms with van der Waals surface area (Å²) in [6.07, 6.45) is -0.962. The Morgan fingerprint density at radius 3 is 2.48 bits per heavy atom. The summed E-state index contributed by atoms with van der Waals surface area (Å²) in [6.45, 7) is 9.71. The average Bonchev–Trinajstić information content (AvgIpc) is 2.97. The van der Waals surface area contributed by atoms with Crippen LogP contribution in [-0.2, 0) is 28.6 Å². The summed E-state index contributed by atoms with van der Waals surface area (Å²) in [5.74, 6) is 3.34. The van der Waals surface area contributed by atoms with Crippen molar-refractivity contribution in [1.29, 1.82) is 0 Å². The van der Waals surface area contributed by atoms with Gasteiger partial charge in [0.05, 0.1) is 19.3 Å². The van der Waals surface area contributed by atoms with E-state index in [2.05, 4.69) is 0 Å². The van der Waals surface area contributed by atoms with Crippen LogP contribution in [0.15, 0.2) is 0 Å². The molecule has 6 unspecified atom stereocenters. The van der Waals surface area contributed by atoms with Crippen LogP contribution in [0, 0.1) is 22.7 Å². The van der Waals surface area contributed by atoms with E-state index in [0.29, 0.717) is 13.2 Å². The van der Waals surface area contributed by atoms with Crippen LogP contribution < -0.4 is 5.90 Å². The lowest BCUT2D eigenvalue weighted by Gasteiger charge is -2.81. The maximum Gasteiger partial charge on any atom is 0.164 e. The van der Waals surface area contributed by atoms with Gasteiger partial charge in [0.25, 0.3) is 0 Å². The van der Waals surface area contributed by atoms with Crippen molar-refractivity contribution in [3.63, 3.8) is 0 Å². The molecule has 0 aromatic heterocycles. The summed E-state index contributed by atoms with van der Waals surface area (Å²) in [5.41, 5.74) is -1.83. The van der Waals surface area contributed by atoms with Crippen LogP contribution in [0.3, 0.4) is 0 Å². The maximum absolute atomic E-state index is 12.8. The highest BCUT2D eigenvalue weighted by atomic mass is 16.8. The molecular weight excluding hydrogens is 354 g/mol. The Labute approximate surface area is 159 Å². The van der Waals surface area contributed by atoms with Crippen molar-refractivity contribution in [3.8, 4) is 0 Å². The minimum absolute atomic E-state index is 0.00153. The maximum atomic E-state index is 12.8. The number of hydrogen-bond acceptors (Lipinski definition) is 8. The highest BCUT2D eigenvalue weighted by Gasteiger charge is 2.93. The predicted molar refractivity (Wildman–Crippen MR) is 93.1 cm³/mol. The monoisotopic (exact) mass is 385 g/mol. The van der Waals surface area contributed by atoms with Crippen LogP contribution in [0.25, 0.3) is 0 Å². The molecule has 27 heavy (non-hydrogen) atoms. The van der Waals surface area contributed by atoms with Crippen molar-refractivity contribution < 1.29 is 33.7 Å². The summed E-state index contributed by atoms with van der Waals surface area (Å²) >= 11 is 0. The van der Waals surface area contributed by atoms with Gasteiger partial charge in [-0.2, -0.15) is 0 Å². The van der Waals surface area contributed by atoms with Crippen LogP contribution in [-0.4, -0.2) is 60.6 Å². The van der Waals surface area contributed by atoms with Crippen molar-refractivity contribution in [3.05, 3.63) is 0 Å². The third kappa shape index (κ3) is 2.15. The molecule has 0 amide bonds. The third-order valence-corrected chi connectivity index (χ3v) is 7.44. The summed E-state index contributed by atoms with van der Waals surface area (Å²) in [6, 6.07) is 0. The third-order valence-electron chi connectivity index (χ3n) is 7.44. The molecule has 8 heteroatoms. The SMILES string of the molecule is COCC1C2C3(COC(C)(C)O3)C(OC(C)(C)O)C23CC(=O)[C@@H](ON)C13C. The molecule has 3 aliphatic carbocycles. The fraction of sp³-hybridized carbons (Fsp3) is 0.947. The van der Waals surface area contributed by atoms with Gasteiger partial charge in [-0.25, -0.2) is 5.90 Å². The van der Waals surface area contributed by atoms with Crippen LogP contribution in [0.2, 0.25) is 0 Å². The second-order valence-corrected chi connectivity index (χ2v) is 9.71. The molecule has 0 aromatic carbocycles. The zero-order valence-electron chi connectivity index (χ0n) is 16.9. The van der Waals surface area contributed by atoms with Gasteiger partial charge >= 0.3 is 0 Å². The quantitative estimate of drug-likeness (QED) is 0.527. The lowest BCUT2D eigenvalue weighted by molar-refractivity contribution is -0.455. The van der Waals surface area contributed by atoms with Crippen molar-refractivity contribution in [2.75, 3.05) is 20.3 Å². The van der Waals surface area contributed by atoms with Gasteiger partial charge in [-0.15, -0.1) is 0 Å². The number of aliphatic hydroxyl groups is 1. The Kier molecular flexibility index (Phi) is 4.01. The molecular formula is C19H31NO7. The van der Waals surface area contributed by atoms with Gasteiger partial charge in [0.15, 0.2) is 17.4 Å². The largest absolute Gasteiger partial charge is 0.384 e. The topological polar surface area (TPSA) is 109 Å². The fourth-order valence-electron chi connectivity index (χ4n) is 6.81. The van der Waals surface area contributed by atoms with Crippen LogP contribution in [0.5, 0.6) is 0 Å². The normalized spacial score (nSPS) is 50.3. The molecule has 1 heterocycles. The molecule has 4 rings (SSSR count). The minimum Gasteiger partial charge on any atom is -0.384 e. The lowest BCUT2D eigenvalue weighted by Crippen LogP contribution is -2.90. The summed E-state index contributed by atoms with van der Waals surface area (Å²) < 4.78 is 23.9. The molecule has 1 saturated heterocycles. The number of hydrogen-bond donors (Lipinski definition) is 2. The van der Waals surface area contributed by atoms with E-state index in [9.17, 15) is 9.90 Å². The van der Waals surface area contributed by atoms with Gasteiger partial charge in [-0.05, 0) is 33.6 Å². The number of carbonyl (C=O) groups is 1. The molecule has 4 fully saturated rings. The number of rotatable bonds is 5. The van der Waals surface area contributed by atoms with Crippen molar-refractivity contribution in [2.45, 2.75) is 70.4 Å². The molecule has 3 N–H and O–H groups in total. The Balaban J connectivity index is 1.81. The number of ketones is 1. The predicted octanol–water partition coefficient (Wildman–Crippen LogP) is 0.752. The van der Waals surface area contributed by atoms with Crippen molar-refractivity contribution in [1.82, 2.24) is 0 Å². The molecule has 0 bridgehead atoms. The highest BCUT2D eigenvalue weighted by Crippen LogP contribution is 2.85. The van der Waals surface area contributed by atoms with Gasteiger partial charge in [0.2, 0.25) is 0 Å². The summed E-state index contributed by atoms with van der Waals surface area (Å²) in [7, 11) is 1.64. The van der Waals surface area contributed by atoms with E-state index in [4.69, 9.17) is 29.7 Å². The molecule has 0 aromatic rings. The number of carbonyl (C=O) groups excluding carboxylic acids is 1. The van der Waals surface area contributed by atoms with Crippen molar-refractivity contribution >= 4 is 5.78 Å². The number of Topliss-reactive ketones (excluding diaryl/α,β-unsaturated/α-hetero) is 1. The average molecular weight is 385 g/mol. The van der Waals surface area contributed by atoms with E-state index in [1.54, 1.807) is 21.0 Å². The van der Waals surface area contributed by atoms with E-state index in [-0.39, 0.29) is 24.0 Å². The van der Waals surface area contributed by atoms with Crippen LogP contribution >= 0.6 is 0 Å². The number of nitrogens with two attached hydrogens (primary N) is 1. The smallest absolute Gasteiger partial charge is 0.164 e. The Morgan fingerprint density at radius 2 is 2.00 bits per heavy atom. The summed E-state index contributed by atoms with van der Waals surface area (Å²) in [5, 5.41) is 10.4. The Bertz CT molecular complexity index is 661. The van der Waals surface area contributed by atoms with E-state index in [1.807, 2.05) is 20.8 Å². The zero-order chi connectivity index (χ0) is 20.0. The van der Waals surface area contributed by atoms with E-state index >= 15 is 0 Å². The summed E-state index contributed by atoms with van der Waals surface area (Å²) in [4.78, 5) is 18.0. The second-order valence-electron chi connectivity index (χ2n) is 9.71. The first-order valence-electron chi connectivity index (χ1n) is 9.51. The van der Waals surface area contributed by atoms with Gasteiger partial charge in [0.1, 0.15) is 11.7 Å². The van der Waals surface area contributed by atoms with E-state index < -0.39 is 40.2 Å². The molecule has 3 saturated carbocycles. The molecule has 154 valence electrons. The van der Waals surface area contributed by atoms with Gasteiger partial charge in [-0.1, -0.05) is 6.92 Å². The van der Waals surface area contributed by atoms with Crippen molar-refractivity contribution in [2.24, 2.45) is 28.6 Å². The standard InChI is InChI=1S/C19H31NO7/c1-15(2,22)25-14-18-7-11(21)13(26-20)17(18,5)10(8-23-6)12(18)19(14)9-24-16(3,4)27-19/h10,12-14,22H,7-9,20H2,1-6H3/t10?,12?,13-,14?,17?,18?,19?/m1/s1. The molecule has 7 atom stereocenters. The molecule has 4 aliphatic rings. The number of fused-ring (bicyclic) bond motifs is 1. The Morgan fingerprint density at radius 1 is 1.33 bits per heavy atom. The first kappa shape index (κ1) is 19.7. The van der Waals surface area contributed by atoms with Gasteiger partial charge in [-0.3, -0.25) is 9.63 Å². The number of methoxy groups -OCH3 is 1. The Hall–Kier alpha value is -0.610. The van der Waals surface area contributed by atoms with Crippen LogP contribution in [0.1, 0.15) is 41.0 Å². The fourth-order valence-corrected chi connectivity index (χ4v) is 6.81.